The normalized spacial score (nSPS) is 26.6. The van der Waals surface area contributed by atoms with Gasteiger partial charge in [0.1, 0.15) is 0 Å². The second kappa shape index (κ2) is 8.03. The van der Waals surface area contributed by atoms with E-state index in [4.69, 9.17) is 10.2 Å². The molecule has 1 heterocycles. The molecular weight excluding hydrogens is 216 g/mol. The molecular formula is C13H28N2O2. The number of rotatable bonds is 7. The van der Waals surface area contributed by atoms with E-state index in [2.05, 4.69) is 24.1 Å². The quantitative estimate of drug-likeness (QED) is 0.603. The standard InChI is InChI=1S/C13H28N2O2/c1-11(2)8-14-13-7-12(3-5-16)9-15(10-13)4-6-17/h11-14,16-17H,3-10H2,1-2H3. The molecule has 1 fully saturated rings. The SMILES string of the molecule is CC(C)CNC1CC(CCO)CN(CCO)C1. The van der Waals surface area contributed by atoms with Crippen molar-refractivity contribution in [1.29, 1.82) is 0 Å². The number of hydrogen-bond acceptors (Lipinski definition) is 4. The third-order valence-electron chi connectivity index (χ3n) is 3.38. The largest absolute Gasteiger partial charge is 0.396 e. The molecule has 0 aromatic carbocycles. The molecule has 0 aromatic rings. The van der Waals surface area contributed by atoms with Gasteiger partial charge in [-0.2, -0.15) is 0 Å². The van der Waals surface area contributed by atoms with Gasteiger partial charge < -0.3 is 15.5 Å². The van der Waals surface area contributed by atoms with Gasteiger partial charge in [0.25, 0.3) is 0 Å². The van der Waals surface area contributed by atoms with Crippen LogP contribution in [-0.4, -0.2) is 60.5 Å². The van der Waals surface area contributed by atoms with Gasteiger partial charge in [0.15, 0.2) is 0 Å². The van der Waals surface area contributed by atoms with Crippen molar-refractivity contribution >= 4 is 0 Å². The summed E-state index contributed by atoms with van der Waals surface area (Å²) in [7, 11) is 0. The first-order valence-electron chi connectivity index (χ1n) is 6.83. The molecule has 0 amide bonds. The van der Waals surface area contributed by atoms with Crippen molar-refractivity contribution in [2.24, 2.45) is 11.8 Å². The van der Waals surface area contributed by atoms with Crippen molar-refractivity contribution < 1.29 is 10.2 Å². The Hall–Kier alpha value is -0.160. The first kappa shape index (κ1) is 14.9. The van der Waals surface area contributed by atoms with Crippen LogP contribution < -0.4 is 5.32 Å². The lowest BCUT2D eigenvalue weighted by atomic mass is 9.91. The van der Waals surface area contributed by atoms with Crippen LogP contribution in [0.1, 0.15) is 26.7 Å². The predicted molar refractivity (Wildman–Crippen MR) is 70.0 cm³/mol. The van der Waals surface area contributed by atoms with Gasteiger partial charge in [-0.15, -0.1) is 0 Å². The summed E-state index contributed by atoms with van der Waals surface area (Å²) in [6.07, 6.45) is 2.02. The number of nitrogens with one attached hydrogen (secondary N) is 1. The van der Waals surface area contributed by atoms with Gasteiger partial charge in [-0.1, -0.05) is 13.8 Å². The molecule has 4 nitrogen and oxygen atoms in total. The van der Waals surface area contributed by atoms with Gasteiger partial charge >= 0.3 is 0 Å². The third-order valence-corrected chi connectivity index (χ3v) is 3.38. The van der Waals surface area contributed by atoms with Gasteiger partial charge in [0.2, 0.25) is 0 Å². The Morgan fingerprint density at radius 2 is 2.00 bits per heavy atom. The topological polar surface area (TPSA) is 55.7 Å². The van der Waals surface area contributed by atoms with E-state index in [-0.39, 0.29) is 13.2 Å². The number of likely N-dealkylation sites (tertiary alicyclic amines) is 1. The predicted octanol–water partition coefficient (Wildman–Crippen LogP) is 0.297. The summed E-state index contributed by atoms with van der Waals surface area (Å²) in [5, 5.41) is 21.7. The molecule has 0 aromatic heterocycles. The van der Waals surface area contributed by atoms with E-state index in [1.807, 2.05) is 0 Å². The second-order valence-corrected chi connectivity index (χ2v) is 5.60. The van der Waals surface area contributed by atoms with Crippen LogP contribution in [0.15, 0.2) is 0 Å². The van der Waals surface area contributed by atoms with Crippen molar-refractivity contribution in [3.63, 3.8) is 0 Å². The summed E-state index contributed by atoms with van der Waals surface area (Å²) in [6, 6.07) is 0.509. The minimum atomic E-state index is 0.225. The van der Waals surface area contributed by atoms with Crippen molar-refractivity contribution in [3.05, 3.63) is 0 Å². The van der Waals surface area contributed by atoms with Crippen LogP contribution in [0.3, 0.4) is 0 Å². The molecule has 4 heteroatoms. The molecule has 0 spiro atoms. The van der Waals surface area contributed by atoms with E-state index >= 15 is 0 Å². The number of piperidine rings is 1. The van der Waals surface area contributed by atoms with Crippen molar-refractivity contribution in [1.82, 2.24) is 10.2 Å². The van der Waals surface area contributed by atoms with Crippen molar-refractivity contribution in [2.75, 3.05) is 39.4 Å². The van der Waals surface area contributed by atoms with E-state index in [0.717, 1.165) is 39.0 Å². The molecule has 3 N–H and O–H groups in total. The van der Waals surface area contributed by atoms with Gasteiger partial charge in [-0.3, -0.25) is 4.90 Å². The number of aliphatic hydroxyl groups is 2. The van der Waals surface area contributed by atoms with Crippen LogP contribution >= 0.6 is 0 Å². The Labute approximate surface area is 105 Å². The zero-order valence-corrected chi connectivity index (χ0v) is 11.2. The monoisotopic (exact) mass is 244 g/mol. The minimum absolute atomic E-state index is 0.225. The highest BCUT2D eigenvalue weighted by Crippen LogP contribution is 2.19. The molecule has 0 radical (unpaired) electrons. The highest BCUT2D eigenvalue weighted by atomic mass is 16.3. The van der Waals surface area contributed by atoms with Crippen LogP contribution in [0.5, 0.6) is 0 Å². The zero-order chi connectivity index (χ0) is 12.7. The molecule has 102 valence electrons. The highest BCUT2D eigenvalue weighted by Gasteiger charge is 2.26. The summed E-state index contributed by atoms with van der Waals surface area (Å²) in [4.78, 5) is 2.31. The molecule has 0 saturated carbocycles. The van der Waals surface area contributed by atoms with Crippen LogP contribution in [0.4, 0.5) is 0 Å². The fourth-order valence-electron chi connectivity index (χ4n) is 2.57. The van der Waals surface area contributed by atoms with Gasteiger partial charge in [0, 0.05) is 32.3 Å². The smallest absolute Gasteiger partial charge is 0.0558 e. The van der Waals surface area contributed by atoms with Crippen LogP contribution in [0.25, 0.3) is 0 Å². The van der Waals surface area contributed by atoms with E-state index in [1.165, 1.54) is 0 Å². The maximum atomic E-state index is 9.05. The van der Waals surface area contributed by atoms with Crippen molar-refractivity contribution in [2.45, 2.75) is 32.7 Å². The van der Waals surface area contributed by atoms with Crippen LogP contribution in [0.2, 0.25) is 0 Å². The lowest BCUT2D eigenvalue weighted by molar-refractivity contribution is 0.101. The summed E-state index contributed by atoms with van der Waals surface area (Å²) < 4.78 is 0. The summed E-state index contributed by atoms with van der Waals surface area (Å²) in [5.74, 6) is 1.23. The van der Waals surface area contributed by atoms with Crippen LogP contribution in [0, 0.1) is 11.8 Å². The lowest BCUT2D eigenvalue weighted by Gasteiger charge is -2.38. The maximum absolute atomic E-state index is 9.05. The molecule has 1 rings (SSSR count). The molecule has 2 atom stereocenters. The third kappa shape index (κ3) is 5.82. The number of hydrogen-bond donors (Lipinski definition) is 3. The van der Waals surface area contributed by atoms with E-state index < -0.39 is 0 Å². The minimum Gasteiger partial charge on any atom is -0.396 e. The van der Waals surface area contributed by atoms with E-state index in [1.54, 1.807) is 0 Å². The molecule has 0 bridgehead atoms. The molecule has 0 aliphatic carbocycles. The fraction of sp³-hybridized carbons (Fsp3) is 1.00. The second-order valence-electron chi connectivity index (χ2n) is 5.60. The summed E-state index contributed by atoms with van der Waals surface area (Å²) in [6.45, 7) is 8.76. The highest BCUT2D eigenvalue weighted by molar-refractivity contribution is 4.83. The van der Waals surface area contributed by atoms with E-state index in [9.17, 15) is 0 Å². The van der Waals surface area contributed by atoms with Crippen molar-refractivity contribution in [3.8, 4) is 0 Å². The molecule has 2 unspecified atom stereocenters. The maximum Gasteiger partial charge on any atom is 0.0558 e. The Morgan fingerprint density at radius 1 is 1.24 bits per heavy atom. The number of aliphatic hydroxyl groups excluding tert-OH is 2. The van der Waals surface area contributed by atoms with E-state index in [0.29, 0.717) is 17.9 Å². The Bertz CT molecular complexity index is 186. The average molecular weight is 244 g/mol. The average Bonchev–Trinajstić information content (AvgIpc) is 2.27. The molecule has 17 heavy (non-hydrogen) atoms. The Kier molecular flexibility index (Phi) is 7.04. The molecule has 1 aliphatic rings. The Morgan fingerprint density at radius 3 is 2.59 bits per heavy atom. The zero-order valence-electron chi connectivity index (χ0n) is 11.2. The summed E-state index contributed by atoms with van der Waals surface area (Å²) >= 11 is 0. The first-order valence-corrected chi connectivity index (χ1v) is 6.83. The van der Waals surface area contributed by atoms with Gasteiger partial charge in [0.05, 0.1) is 6.61 Å². The van der Waals surface area contributed by atoms with Gasteiger partial charge in [-0.05, 0) is 31.2 Å². The number of nitrogens with zero attached hydrogens (tertiary/aromatic N) is 1. The number of β-amino-alcohol motifs (C(OH)–C–C–N with tert-alkyl or cyclic N) is 1. The lowest BCUT2D eigenvalue weighted by Crippen LogP contribution is -2.50. The van der Waals surface area contributed by atoms with Gasteiger partial charge in [-0.25, -0.2) is 0 Å². The fourth-order valence-corrected chi connectivity index (χ4v) is 2.57. The first-order chi connectivity index (χ1) is 8.15. The van der Waals surface area contributed by atoms with Crippen LogP contribution in [-0.2, 0) is 0 Å². The molecule has 1 saturated heterocycles. The Balaban J connectivity index is 2.40. The summed E-state index contributed by atoms with van der Waals surface area (Å²) in [5.41, 5.74) is 0. The molecule has 1 aliphatic heterocycles.